The van der Waals surface area contributed by atoms with Crippen LogP contribution in [0.25, 0.3) is 21.8 Å². The van der Waals surface area contributed by atoms with Crippen molar-refractivity contribution < 1.29 is 35.5 Å². The molecule has 1 aliphatic heterocycles. The summed E-state index contributed by atoms with van der Waals surface area (Å²) in [5.41, 5.74) is -1.25. The number of fused-ring (bicyclic) bond motifs is 4. The summed E-state index contributed by atoms with van der Waals surface area (Å²) in [7, 11) is 0. The van der Waals surface area contributed by atoms with Crippen LogP contribution >= 0.6 is 11.6 Å². The molecule has 0 radical (unpaired) electrons. The van der Waals surface area contributed by atoms with Crippen molar-refractivity contribution in [1.82, 2.24) is 20.1 Å². The molecule has 3 heterocycles. The summed E-state index contributed by atoms with van der Waals surface area (Å²) < 4.78 is 97.3. The Morgan fingerprint density at radius 2 is 1.69 bits per heavy atom. The summed E-state index contributed by atoms with van der Waals surface area (Å²) in [5, 5.41) is 9.72. The van der Waals surface area contributed by atoms with Gasteiger partial charge < -0.3 is 10.6 Å². The second-order valence-electron chi connectivity index (χ2n) is 9.27. The van der Waals surface area contributed by atoms with E-state index in [0.717, 1.165) is 29.1 Å². The SMILES string of the molecule is CC.CC.O=C1NC(c2cc(F)ccc2Cl)c2c(Nc3ccnc4c(C(F)(F)F)cc(F)cc34)cc3c(cnn3CC(F)F)c21. The van der Waals surface area contributed by atoms with Crippen LogP contribution in [0.4, 0.5) is 42.1 Å². The molecule has 0 bridgehead atoms. The molecule has 14 heteroatoms. The Morgan fingerprint density at radius 3 is 2.36 bits per heavy atom. The highest BCUT2D eigenvalue weighted by atomic mass is 35.5. The summed E-state index contributed by atoms with van der Waals surface area (Å²) in [6.07, 6.45) is -5.38. The van der Waals surface area contributed by atoms with Crippen LogP contribution in [0.3, 0.4) is 0 Å². The van der Waals surface area contributed by atoms with Gasteiger partial charge in [0.1, 0.15) is 18.2 Å². The standard InChI is InChI=1S/C27H15ClF7N5O.2C2H6/c28-17-2-1-11(29)5-13(17)25-23-19(8-20-15(22(23)26(41)39-25)9-37-40(20)10-21(31)32)38-18-3-4-36-24-14(18)6-12(30)7-16(24)27(33,34)35;2*1-2/h1-9,21,25H,10H2,(H,36,38)(H,39,41);2*1-2H3. The minimum absolute atomic E-state index is 0.0232. The third kappa shape index (κ3) is 6.39. The number of carbonyl (C=O) groups excluding carboxylic acids is 1. The number of pyridine rings is 1. The Labute approximate surface area is 258 Å². The van der Waals surface area contributed by atoms with Crippen LogP contribution in [0, 0.1) is 11.6 Å². The Kier molecular flexibility index (Phi) is 9.91. The molecule has 5 aromatic rings. The van der Waals surface area contributed by atoms with Crippen LogP contribution in [0.15, 0.2) is 54.9 Å². The average Bonchev–Trinajstić information content (AvgIpc) is 3.56. The van der Waals surface area contributed by atoms with Crippen molar-refractivity contribution in [2.24, 2.45) is 0 Å². The van der Waals surface area contributed by atoms with Gasteiger partial charge in [0.25, 0.3) is 12.3 Å². The van der Waals surface area contributed by atoms with Gasteiger partial charge in [-0.2, -0.15) is 18.3 Å². The molecule has 0 saturated heterocycles. The lowest BCUT2D eigenvalue weighted by Gasteiger charge is -2.20. The number of hydrogen-bond acceptors (Lipinski definition) is 4. The predicted octanol–water partition coefficient (Wildman–Crippen LogP) is 9.43. The fourth-order valence-corrected chi connectivity index (χ4v) is 5.32. The number of nitrogens with zero attached hydrogens (tertiary/aromatic N) is 3. The van der Waals surface area contributed by atoms with Gasteiger partial charge in [0.05, 0.1) is 34.4 Å². The topological polar surface area (TPSA) is 71.8 Å². The smallest absolute Gasteiger partial charge is 0.355 e. The van der Waals surface area contributed by atoms with E-state index in [0.29, 0.717) is 6.07 Å². The highest BCUT2D eigenvalue weighted by Crippen LogP contribution is 2.45. The van der Waals surface area contributed by atoms with Crippen molar-refractivity contribution in [3.63, 3.8) is 0 Å². The quantitative estimate of drug-likeness (QED) is 0.185. The molecule has 45 heavy (non-hydrogen) atoms. The Bertz CT molecular complexity index is 1870. The van der Waals surface area contributed by atoms with E-state index in [1.54, 1.807) is 0 Å². The van der Waals surface area contributed by atoms with Crippen molar-refractivity contribution in [3.8, 4) is 0 Å². The van der Waals surface area contributed by atoms with E-state index in [-0.39, 0.29) is 49.4 Å². The molecule has 1 amide bonds. The number of benzene rings is 3. The second kappa shape index (κ2) is 13.3. The molecule has 1 atom stereocenters. The summed E-state index contributed by atoms with van der Waals surface area (Å²) in [4.78, 5) is 17.1. The van der Waals surface area contributed by atoms with Gasteiger partial charge in [-0.3, -0.25) is 14.5 Å². The maximum Gasteiger partial charge on any atom is 0.418 e. The first-order valence-electron chi connectivity index (χ1n) is 13.9. The number of alkyl halides is 5. The normalized spacial score (nSPS) is 14.1. The van der Waals surface area contributed by atoms with Gasteiger partial charge in [-0.25, -0.2) is 17.6 Å². The summed E-state index contributed by atoms with van der Waals surface area (Å²) in [5.74, 6) is -2.46. The van der Waals surface area contributed by atoms with Crippen LogP contribution in [-0.4, -0.2) is 27.1 Å². The van der Waals surface area contributed by atoms with Gasteiger partial charge in [-0.1, -0.05) is 39.3 Å². The monoisotopic (exact) mass is 653 g/mol. The molecule has 3 aromatic carbocycles. The van der Waals surface area contributed by atoms with Crippen LogP contribution in [0.5, 0.6) is 0 Å². The van der Waals surface area contributed by atoms with Crippen molar-refractivity contribution in [1.29, 1.82) is 0 Å². The van der Waals surface area contributed by atoms with Gasteiger partial charge in [-0.15, -0.1) is 0 Å². The predicted molar refractivity (Wildman–Crippen MR) is 159 cm³/mol. The van der Waals surface area contributed by atoms with Crippen molar-refractivity contribution >= 4 is 50.7 Å². The number of rotatable bonds is 5. The zero-order valence-electron chi connectivity index (χ0n) is 24.3. The number of aromatic nitrogens is 3. The number of carbonyl (C=O) groups is 1. The molecule has 1 aliphatic rings. The molecule has 6 nitrogen and oxygen atoms in total. The molecule has 0 fully saturated rings. The van der Waals surface area contributed by atoms with E-state index in [9.17, 15) is 35.5 Å². The van der Waals surface area contributed by atoms with Crippen molar-refractivity contribution in [2.45, 2.75) is 52.9 Å². The van der Waals surface area contributed by atoms with E-state index in [2.05, 4.69) is 20.7 Å². The summed E-state index contributed by atoms with van der Waals surface area (Å²) in [6.45, 7) is 7.20. The van der Waals surface area contributed by atoms with E-state index >= 15 is 0 Å². The summed E-state index contributed by atoms with van der Waals surface area (Å²) >= 11 is 6.34. The fourth-order valence-electron chi connectivity index (χ4n) is 5.09. The van der Waals surface area contributed by atoms with E-state index in [4.69, 9.17) is 11.6 Å². The first kappa shape index (κ1) is 33.5. The van der Waals surface area contributed by atoms with Gasteiger partial charge >= 0.3 is 6.18 Å². The van der Waals surface area contributed by atoms with Crippen LogP contribution in [0.1, 0.15) is 60.8 Å². The van der Waals surface area contributed by atoms with Gasteiger partial charge in [0.15, 0.2) is 0 Å². The minimum Gasteiger partial charge on any atom is -0.355 e. The number of nitrogens with one attached hydrogen (secondary N) is 2. The first-order chi connectivity index (χ1) is 21.4. The van der Waals surface area contributed by atoms with Crippen LogP contribution in [-0.2, 0) is 12.7 Å². The maximum atomic E-state index is 14.4. The lowest BCUT2D eigenvalue weighted by Crippen LogP contribution is -2.20. The van der Waals surface area contributed by atoms with Crippen molar-refractivity contribution in [2.75, 3.05) is 5.32 Å². The zero-order chi connectivity index (χ0) is 33.2. The number of amides is 1. The minimum atomic E-state index is -4.91. The summed E-state index contributed by atoms with van der Waals surface area (Å²) in [6, 6.07) is 6.37. The van der Waals surface area contributed by atoms with Crippen molar-refractivity contribution in [3.05, 3.63) is 93.8 Å². The third-order valence-electron chi connectivity index (χ3n) is 6.75. The fraction of sp³-hybridized carbons (Fsp3) is 0.258. The highest BCUT2D eigenvalue weighted by molar-refractivity contribution is 6.31. The number of halogens is 8. The van der Waals surface area contributed by atoms with E-state index < -0.39 is 53.8 Å². The molecule has 0 saturated carbocycles. The largest absolute Gasteiger partial charge is 0.418 e. The van der Waals surface area contributed by atoms with Crippen LogP contribution < -0.4 is 10.6 Å². The van der Waals surface area contributed by atoms with Gasteiger partial charge in [-0.05, 0) is 42.5 Å². The number of anilines is 2. The van der Waals surface area contributed by atoms with Gasteiger partial charge in [0, 0.05) is 44.5 Å². The molecule has 1 unspecified atom stereocenters. The molecule has 2 aromatic heterocycles. The molecule has 238 valence electrons. The van der Waals surface area contributed by atoms with Gasteiger partial charge in [0.2, 0.25) is 0 Å². The molecule has 2 N–H and O–H groups in total. The van der Waals surface area contributed by atoms with Crippen LogP contribution in [0.2, 0.25) is 5.02 Å². The second-order valence-corrected chi connectivity index (χ2v) is 9.67. The number of hydrogen-bond donors (Lipinski definition) is 2. The van der Waals surface area contributed by atoms with E-state index in [1.807, 2.05) is 27.7 Å². The molecular formula is C31H27ClF7N5O. The first-order valence-corrected chi connectivity index (χ1v) is 14.3. The highest BCUT2D eigenvalue weighted by Gasteiger charge is 2.37. The maximum absolute atomic E-state index is 14.4. The zero-order valence-corrected chi connectivity index (χ0v) is 25.1. The lowest BCUT2D eigenvalue weighted by atomic mass is 9.94. The van der Waals surface area contributed by atoms with E-state index in [1.165, 1.54) is 24.4 Å². The lowest BCUT2D eigenvalue weighted by molar-refractivity contribution is -0.136. The third-order valence-corrected chi connectivity index (χ3v) is 7.09. The Hall–Kier alpha value is -4.39. The molecule has 6 rings (SSSR count). The Balaban J connectivity index is 0.00000111. The molecule has 0 spiro atoms. The molecule has 0 aliphatic carbocycles. The Morgan fingerprint density at radius 1 is 0.978 bits per heavy atom. The molecular weight excluding hydrogens is 627 g/mol. The average molecular weight is 654 g/mol.